The molecule has 35 heavy (non-hydrogen) atoms. The first-order chi connectivity index (χ1) is 17.3. The zero-order chi connectivity index (χ0) is 23.9. The molecular formula is C31H27N3O. The third kappa shape index (κ3) is 5.39. The Morgan fingerprint density at radius 2 is 1.29 bits per heavy atom. The second-order valence-electron chi connectivity index (χ2n) is 8.53. The summed E-state index contributed by atoms with van der Waals surface area (Å²) in [7, 11) is 0. The van der Waals surface area contributed by atoms with E-state index in [2.05, 4.69) is 64.0 Å². The minimum Gasteiger partial charge on any atom is -0.352 e. The summed E-state index contributed by atoms with van der Waals surface area (Å²) in [5.74, 6) is 0.172. The van der Waals surface area contributed by atoms with Crippen molar-refractivity contribution in [3.8, 4) is 22.5 Å². The Kier molecular flexibility index (Phi) is 6.81. The lowest BCUT2D eigenvalue weighted by Crippen LogP contribution is -2.25. The average molecular weight is 458 g/mol. The van der Waals surface area contributed by atoms with Crippen LogP contribution in [0.25, 0.3) is 22.5 Å². The largest absolute Gasteiger partial charge is 0.352 e. The highest BCUT2D eigenvalue weighted by Gasteiger charge is 2.15. The van der Waals surface area contributed by atoms with Crippen LogP contribution in [-0.4, -0.2) is 22.6 Å². The summed E-state index contributed by atoms with van der Waals surface area (Å²) in [6, 6.07) is 40.6. The maximum atomic E-state index is 12.8. The van der Waals surface area contributed by atoms with E-state index in [1.807, 2.05) is 72.8 Å². The second kappa shape index (κ2) is 10.7. The van der Waals surface area contributed by atoms with E-state index in [4.69, 9.17) is 0 Å². The number of aromatic nitrogens is 2. The Morgan fingerprint density at radius 1 is 0.714 bits per heavy atom. The minimum absolute atomic E-state index is 0.0639. The lowest BCUT2D eigenvalue weighted by atomic mass is 9.88. The molecule has 0 aliphatic heterocycles. The van der Waals surface area contributed by atoms with Crippen molar-refractivity contribution in [3.63, 3.8) is 0 Å². The molecule has 0 fully saturated rings. The van der Waals surface area contributed by atoms with E-state index in [0.29, 0.717) is 12.1 Å². The quantitative estimate of drug-likeness (QED) is 0.272. The molecule has 1 heterocycles. The molecule has 2 N–H and O–H groups in total. The number of aromatic amines is 1. The van der Waals surface area contributed by atoms with Gasteiger partial charge in [-0.25, -0.2) is 0 Å². The van der Waals surface area contributed by atoms with Gasteiger partial charge < -0.3 is 5.32 Å². The van der Waals surface area contributed by atoms with Gasteiger partial charge in [0.15, 0.2) is 0 Å². The molecule has 1 amide bonds. The summed E-state index contributed by atoms with van der Waals surface area (Å²) < 4.78 is 0. The van der Waals surface area contributed by atoms with E-state index < -0.39 is 0 Å². The van der Waals surface area contributed by atoms with Crippen molar-refractivity contribution >= 4 is 5.91 Å². The lowest BCUT2D eigenvalue weighted by Gasteiger charge is -2.18. The standard InChI is InChI=1S/C31H27N3O/c35-31(32-21-20-28(23-10-4-1-5-11-23)24-12-6-2-7-13-24)27-18-16-26(17-19-27)30-22-29(33-34-30)25-14-8-3-9-15-25/h1-19,22,28H,20-21H2,(H,32,35)(H,33,34). The van der Waals surface area contributed by atoms with Gasteiger partial charge in [0.1, 0.15) is 0 Å². The van der Waals surface area contributed by atoms with Gasteiger partial charge >= 0.3 is 0 Å². The van der Waals surface area contributed by atoms with Crippen LogP contribution in [0.5, 0.6) is 0 Å². The first-order valence-corrected chi connectivity index (χ1v) is 11.9. The fourth-order valence-corrected chi connectivity index (χ4v) is 4.36. The zero-order valence-corrected chi connectivity index (χ0v) is 19.4. The summed E-state index contributed by atoms with van der Waals surface area (Å²) >= 11 is 0. The van der Waals surface area contributed by atoms with Crippen molar-refractivity contribution < 1.29 is 4.79 Å². The second-order valence-corrected chi connectivity index (χ2v) is 8.53. The number of nitrogens with zero attached hydrogens (tertiary/aromatic N) is 1. The topological polar surface area (TPSA) is 57.8 Å². The molecule has 0 radical (unpaired) electrons. The third-order valence-electron chi connectivity index (χ3n) is 6.23. The molecule has 1 aromatic heterocycles. The van der Waals surface area contributed by atoms with Crippen LogP contribution < -0.4 is 5.32 Å². The molecule has 0 aliphatic carbocycles. The summed E-state index contributed by atoms with van der Waals surface area (Å²) in [6.45, 7) is 0.593. The number of amides is 1. The summed E-state index contributed by atoms with van der Waals surface area (Å²) in [5.41, 5.74) is 7.03. The molecule has 0 aliphatic rings. The Labute approximate surface area is 205 Å². The van der Waals surface area contributed by atoms with Crippen LogP contribution in [0.4, 0.5) is 0 Å². The fraction of sp³-hybridized carbons (Fsp3) is 0.0968. The van der Waals surface area contributed by atoms with E-state index >= 15 is 0 Å². The maximum Gasteiger partial charge on any atom is 0.251 e. The molecule has 0 saturated heterocycles. The molecule has 0 saturated carbocycles. The highest BCUT2D eigenvalue weighted by molar-refractivity contribution is 5.94. The van der Waals surface area contributed by atoms with Gasteiger partial charge in [0, 0.05) is 23.6 Å². The number of H-pyrrole nitrogens is 1. The Bertz CT molecular complexity index is 1320. The van der Waals surface area contributed by atoms with Gasteiger partial charge in [0.25, 0.3) is 5.91 Å². The lowest BCUT2D eigenvalue weighted by molar-refractivity contribution is 0.0953. The van der Waals surface area contributed by atoms with E-state index in [9.17, 15) is 4.79 Å². The van der Waals surface area contributed by atoms with Gasteiger partial charge in [0.2, 0.25) is 0 Å². The van der Waals surface area contributed by atoms with Crippen molar-refractivity contribution in [1.29, 1.82) is 0 Å². The predicted molar refractivity (Wildman–Crippen MR) is 141 cm³/mol. The predicted octanol–water partition coefficient (Wildman–Crippen LogP) is 6.70. The maximum absolute atomic E-state index is 12.8. The smallest absolute Gasteiger partial charge is 0.251 e. The van der Waals surface area contributed by atoms with Crippen LogP contribution in [0, 0.1) is 0 Å². The molecule has 0 unspecified atom stereocenters. The van der Waals surface area contributed by atoms with E-state index in [1.54, 1.807) is 0 Å². The molecule has 4 aromatic carbocycles. The van der Waals surface area contributed by atoms with Gasteiger partial charge in [-0.2, -0.15) is 5.10 Å². The highest BCUT2D eigenvalue weighted by atomic mass is 16.1. The Balaban J connectivity index is 1.22. The SMILES string of the molecule is O=C(NCCC(c1ccccc1)c1ccccc1)c1ccc(-c2cc(-c3ccccc3)n[nH]2)cc1. The number of carbonyl (C=O) groups excluding carboxylic acids is 1. The van der Waals surface area contributed by atoms with Crippen molar-refractivity contribution in [2.75, 3.05) is 6.54 Å². The van der Waals surface area contributed by atoms with Crippen LogP contribution in [-0.2, 0) is 0 Å². The summed E-state index contributed by atoms with van der Waals surface area (Å²) in [6.07, 6.45) is 0.828. The normalized spacial score (nSPS) is 10.9. The number of rotatable bonds is 8. The molecule has 5 rings (SSSR count). The third-order valence-corrected chi connectivity index (χ3v) is 6.23. The van der Waals surface area contributed by atoms with Gasteiger partial charge in [-0.05, 0) is 41.3 Å². The first-order valence-electron chi connectivity index (χ1n) is 11.9. The minimum atomic E-state index is -0.0639. The molecule has 5 aromatic rings. The van der Waals surface area contributed by atoms with Crippen molar-refractivity contribution in [3.05, 3.63) is 138 Å². The van der Waals surface area contributed by atoms with Crippen molar-refractivity contribution in [1.82, 2.24) is 15.5 Å². The van der Waals surface area contributed by atoms with Crippen LogP contribution >= 0.6 is 0 Å². The number of hydrogen-bond donors (Lipinski definition) is 2. The number of nitrogens with one attached hydrogen (secondary N) is 2. The van der Waals surface area contributed by atoms with Gasteiger partial charge in [-0.1, -0.05) is 103 Å². The first kappa shape index (κ1) is 22.4. The van der Waals surface area contributed by atoms with Gasteiger partial charge in [0.05, 0.1) is 11.4 Å². The Hall–Kier alpha value is -4.44. The van der Waals surface area contributed by atoms with E-state index in [-0.39, 0.29) is 11.8 Å². The van der Waals surface area contributed by atoms with Crippen LogP contribution in [0.2, 0.25) is 0 Å². The number of carbonyl (C=O) groups is 1. The van der Waals surface area contributed by atoms with Crippen LogP contribution in [0.1, 0.15) is 33.8 Å². The summed E-state index contributed by atoms with van der Waals surface area (Å²) in [5, 5.41) is 10.6. The zero-order valence-electron chi connectivity index (χ0n) is 19.4. The van der Waals surface area contributed by atoms with Gasteiger partial charge in [-0.3, -0.25) is 9.89 Å². The van der Waals surface area contributed by atoms with Crippen molar-refractivity contribution in [2.24, 2.45) is 0 Å². The van der Waals surface area contributed by atoms with Crippen LogP contribution in [0.3, 0.4) is 0 Å². The molecule has 0 spiro atoms. The Morgan fingerprint density at radius 3 is 1.89 bits per heavy atom. The van der Waals surface area contributed by atoms with E-state index in [1.165, 1.54) is 11.1 Å². The van der Waals surface area contributed by atoms with E-state index in [0.717, 1.165) is 28.9 Å². The molecule has 4 nitrogen and oxygen atoms in total. The monoisotopic (exact) mass is 457 g/mol. The highest BCUT2D eigenvalue weighted by Crippen LogP contribution is 2.27. The van der Waals surface area contributed by atoms with Gasteiger partial charge in [-0.15, -0.1) is 0 Å². The molecular weight excluding hydrogens is 430 g/mol. The van der Waals surface area contributed by atoms with Crippen molar-refractivity contribution in [2.45, 2.75) is 12.3 Å². The fourth-order valence-electron chi connectivity index (χ4n) is 4.36. The molecule has 4 heteroatoms. The average Bonchev–Trinajstić information content (AvgIpc) is 3.43. The molecule has 0 bridgehead atoms. The molecule has 0 atom stereocenters. The van der Waals surface area contributed by atoms with Crippen LogP contribution in [0.15, 0.2) is 121 Å². The number of benzene rings is 4. The summed E-state index contributed by atoms with van der Waals surface area (Å²) in [4.78, 5) is 12.8. The number of hydrogen-bond acceptors (Lipinski definition) is 2. The molecule has 172 valence electrons.